The van der Waals surface area contributed by atoms with Gasteiger partial charge in [0.25, 0.3) is 0 Å². The van der Waals surface area contributed by atoms with Crippen LogP contribution in [0.3, 0.4) is 0 Å². The molecule has 1 unspecified atom stereocenters. The molecule has 0 aliphatic carbocycles. The monoisotopic (exact) mass is 943 g/mol. The van der Waals surface area contributed by atoms with E-state index in [1.165, 1.54) is 70.6 Å². The molecular formula is C62H102O6. The second-order valence-electron chi connectivity index (χ2n) is 18.1. The molecule has 0 aliphatic heterocycles. The van der Waals surface area contributed by atoms with Gasteiger partial charge in [-0.25, -0.2) is 0 Å². The van der Waals surface area contributed by atoms with Crippen LogP contribution >= 0.6 is 0 Å². The highest BCUT2D eigenvalue weighted by Crippen LogP contribution is 2.14. The first-order valence-corrected chi connectivity index (χ1v) is 27.9. The van der Waals surface area contributed by atoms with Crippen molar-refractivity contribution in [2.24, 2.45) is 0 Å². The van der Waals surface area contributed by atoms with Crippen LogP contribution in [0.5, 0.6) is 0 Å². The van der Waals surface area contributed by atoms with E-state index >= 15 is 0 Å². The van der Waals surface area contributed by atoms with Gasteiger partial charge in [-0.1, -0.05) is 226 Å². The number of hydrogen-bond donors (Lipinski definition) is 0. The van der Waals surface area contributed by atoms with Crippen molar-refractivity contribution in [3.63, 3.8) is 0 Å². The van der Waals surface area contributed by atoms with Crippen LogP contribution in [0, 0.1) is 0 Å². The van der Waals surface area contributed by atoms with Crippen molar-refractivity contribution in [1.29, 1.82) is 0 Å². The Hall–Kier alpha value is -3.93. The molecular weight excluding hydrogens is 841 g/mol. The first-order valence-electron chi connectivity index (χ1n) is 27.9. The maximum absolute atomic E-state index is 12.8. The largest absolute Gasteiger partial charge is 0.462 e. The number of unbranched alkanes of at least 4 members (excludes halogenated alkanes) is 20. The molecule has 386 valence electrons. The summed E-state index contributed by atoms with van der Waals surface area (Å²) < 4.78 is 16.7. The standard InChI is InChI=1S/C62H102O6/c1-4-7-10-13-16-19-21-23-24-25-26-27-28-29-30-31-32-33-34-35-36-37-38-39-41-43-46-49-52-55-61(64)67-58-59(57-66-60(63)54-51-48-45-42-18-15-12-9-6-3)68-62(65)56-53-50-47-44-40-22-20-17-14-11-8-5-2/h7,10,16-17,19-20,23-24,26-27,29-30,32-33,35-36,38-39,59H,4-6,8-9,11-15,18,21-22,25,28,31,34,37,40-58H2,1-3H3/b10-7-,19-16-,20-17-,24-23-,27-26-,30-29-,33-32-,36-35-,39-38-. The van der Waals surface area contributed by atoms with Crippen molar-refractivity contribution < 1.29 is 28.6 Å². The van der Waals surface area contributed by atoms with Crippen LogP contribution in [0.15, 0.2) is 109 Å². The molecule has 6 nitrogen and oxygen atoms in total. The zero-order valence-corrected chi connectivity index (χ0v) is 44.1. The number of esters is 3. The predicted molar refractivity (Wildman–Crippen MR) is 293 cm³/mol. The number of rotatable bonds is 49. The normalized spacial score (nSPS) is 12.9. The second kappa shape index (κ2) is 55.7. The summed E-state index contributed by atoms with van der Waals surface area (Å²) in [5.41, 5.74) is 0. The van der Waals surface area contributed by atoms with E-state index in [0.717, 1.165) is 135 Å². The zero-order chi connectivity index (χ0) is 49.3. The van der Waals surface area contributed by atoms with Gasteiger partial charge in [-0.2, -0.15) is 0 Å². The zero-order valence-electron chi connectivity index (χ0n) is 44.1. The molecule has 0 saturated heterocycles. The van der Waals surface area contributed by atoms with Gasteiger partial charge in [0, 0.05) is 19.3 Å². The first kappa shape index (κ1) is 64.1. The molecule has 0 aromatic rings. The van der Waals surface area contributed by atoms with E-state index in [9.17, 15) is 14.4 Å². The molecule has 1 atom stereocenters. The molecule has 0 N–H and O–H groups in total. The molecule has 6 heteroatoms. The van der Waals surface area contributed by atoms with Crippen molar-refractivity contribution in [3.8, 4) is 0 Å². The lowest BCUT2D eigenvalue weighted by molar-refractivity contribution is -0.167. The Labute approximate surface area is 419 Å². The Morgan fingerprint density at radius 1 is 0.309 bits per heavy atom. The van der Waals surface area contributed by atoms with E-state index in [0.29, 0.717) is 19.3 Å². The van der Waals surface area contributed by atoms with Crippen molar-refractivity contribution >= 4 is 17.9 Å². The molecule has 0 spiro atoms. The molecule has 68 heavy (non-hydrogen) atoms. The molecule has 0 aromatic carbocycles. The second-order valence-corrected chi connectivity index (χ2v) is 18.1. The molecule has 0 amide bonds. The van der Waals surface area contributed by atoms with E-state index in [-0.39, 0.29) is 31.1 Å². The molecule has 0 saturated carbocycles. The highest BCUT2D eigenvalue weighted by molar-refractivity contribution is 5.71. The number of ether oxygens (including phenoxy) is 3. The lowest BCUT2D eigenvalue weighted by Gasteiger charge is -2.18. The predicted octanol–water partition coefficient (Wildman–Crippen LogP) is 18.7. The van der Waals surface area contributed by atoms with Crippen LogP contribution in [0.4, 0.5) is 0 Å². The fourth-order valence-corrected chi connectivity index (χ4v) is 7.33. The molecule has 0 aliphatic rings. The minimum Gasteiger partial charge on any atom is -0.462 e. The topological polar surface area (TPSA) is 78.9 Å². The third kappa shape index (κ3) is 53.0. The van der Waals surface area contributed by atoms with Crippen molar-refractivity contribution in [2.45, 2.75) is 252 Å². The Bertz CT molecular complexity index is 1410. The number of carbonyl (C=O) groups excluding carboxylic acids is 3. The average molecular weight is 943 g/mol. The minimum atomic E-state index is -0.791. The Balaban J connectivity index is 4.28. The van der Waals surface area contributed by atoms with Crippen LogP contribution in [-0.4, -0.2) is 37.2 Å². The maximum Gasteiger partial charge on any atom is 0.306 e. The van der Waals surface area contributed by atoms with Crippen LogP contribution < -0.4 is 0 Å². The van der Waals surface area contributed by atoms with Crippen molar-refractivity contribution in [1.82, 2.24) is 0 Å². The lowest BCUT2D eigenvalue weighted by atomic mass is 10.1. The third-order valence-corrected chi connectivity index (χ3v) is 11.5. The van der Waals surface area contributed by atoms with Gasteiger partial charge in [-0.15, -0.1) is 0 Å². The minimum absolute atomic E-state index is 0.0893. The first-order chi connectivity index (χ1) is 33.5. The summed E-state index contributed by atoms with van der Waals surface area (Å²) in [6, 6.07) is 0. The van der Waals surface area contributed by atoms with Gasteiger partial charge in [0.05, 0.1) is 0 Å². The van der Waals surface area contributed by atoms with Gasteiger partial charge in [0.1, 0.15) is 13.2 Å². The quantitative estimate of drug-likeness (QED) is 0.0262. The van der Waals surface area contributed by atoms with Gasteiger partial charge in [-0.05, 0) is 109 Å². The fraction of sp³-hybridized carbons (Fsp3) is 0.661. The van der Waals surface area contributed by atoms with E-state index in [2.05, 4.69) is 130 Å². The molecule has 0 aromatic heterocycles. The maximum atomic E-state index is 12.8. The molecule has 0 rings (SSSR count). The fourth-order valence-electron chi connectivity index (χ4n) is 7.33. The Kier molecular flexibility index (Phi) is 52.4. The van der Waals surface area contributed by atoms with Crippen molar-refractivity contribution in [3.05, 3.63) is 109 Å². The summed E-state index contributed by atoms with van der Waals surface area (Å²) in [5.74, 6) is -0.931. The summed E-state index contributed by atoms with van der Waals surface area (Å²) in [7, 11) is 0. The van der Waals surface area contributed by atoms with E-state index in [1.54, 1.807) is 0 Å². The van der Waals surface area contributed by atoms with Crippen LogP contribution in [0.2, 0.25) is 0 Å². The smallest absolute Gasteiger partial charge is 0.306 e. The molecule has 0 radical (unpaired) electrons. The van der Waals surface area contributed by atoms with E-state index in [1.807, 2.05) is 0 Å². The SMILES string of the molecule is CC/C=C\C/C=C\C/C=C\C/C=C\C/C=C\C/C=C\C/C=C\C/C=C\CCCCCCC(=O)OCC(COC(=O)CCCCCCCCCCC)OC(=O)CCCCCCC/C=C\CCCCC. The van der Waals surface area contributed by atoms with Crippen molar-refractivity contribution in [2.75, 3.05) is 13.2 Å². The van der Waals surface area contributed by atoms with E-state index in [4.69, 9.17) is 14.2 Å². The van der Waals surface area contributed by atoms with Crippen LogP contribution in [0.25, 0.3) is 0 Å². The highest BCUT2D eigenvalue weighted by Gasteiger charge is 2.19. The Morgan fingerprint density at radius 2 is 0.574 bits per heavy atom. The van der Waals surface area contributed by atoms with Gasteiger partial charge >= 0.3 is 17.9 Å². The van der Waals surface area contributed by atoms with Gasteiger partial charge < -0.3 is 14.2 Å². The summed E-state index contributed by atoms with van der Waals surface area (Å²) in [4.78, 5) is 37.9. The summed E-state index contributed by atoms with van der Waals surface area (Å²) in [6.07, 6.45) is 75.2. The highest BCUT2D eigenvalue weighted by atomic mass is 16.6. The molecule has 0 fully saturated rings. The number of carbonyl (C=O) groups is 3. The summed E-state index contributed by atoms with van der Waals surface area (Å²) in [5, 5.41) is 0. The molecule has 0 heterocycles. The van der Waals surface area contributed by atoms with Crippen LogP contribution in [0.1, 0.15) is 245 Å². The number of allylic oxidation sites excluding steroid dienone is 18. The van der Waals surface area contributed by atoms with E-state index < -0.39 is 6.10 Å². The Morgan fingerprint density at radius 3 is 0.941 bits per heavy atom. The third-order valence-electron chi connectivity index (χ3n) is 11.5. The lowest BCUT2D eigenvalue weighted by Crippen LogP contribution is -2.30. The van der Waals surface area contributed by atoms with Gasteiger partial charge in [0.2, 0.25) is 0 Å². The van der Waals surface area contributed by atoms with Gasteiger partial charge in [0.15, 0.2) is 6.10 Å². The average Bonchev–Trinajstić information content (AvgIpc) is 3.34. The summed E-state index contributed by atoms with van der Waals surface area (Å²) in [6.45, 7) is 6.44. The number of hydrogen-bond acceptors (Lipinski definition) is 6. The van der Waals surface area contributed by atoms with Gasteiger partial charge in [-0.3, -0.25) is 14.4 Å². The van der Waals surface area contributed by atoms with Crippen LogP contribution in [-0.2, 0) is 28.6 Å². The summed E-state index contributed by atoms with van der Waals surface area (Å²) >= 11 is 0. The molecule has 0 bridgehead atoms.